The molecule has 204 valence electrons. The molecular formula is C26H37N3O8. The fourth-order valence-corrected chi connectivity index (χ4v) is 3.62. The minimum atomic E-state index is -0.944. The van der Waals surface area contributed by atoms with Crippen molar-refractivity contribution < 1.29 is 33.5 Å². The standard InChI is InChI=1S/C26H37N3O8/c1-17-22(36-24(30)34-14-9-7-6-8-13-27)21(19-11-10-12-20(15-19)29(32)33)23(18(2)28-17)37-25(31)35-16-26(3,4)5/h10-12,15,21,28H,6-9,13-14,16,27H2,1-5H3. The second kappa shape index (κ2) is 13.6. The summed E-state index contributed by atoms with van der Waals surface area (Å²) in [5, 5.41) is 14.5. The molecule has 1 aliphatic rings. The average molecular weight is 520 g/mol. The first-order valence-corrected chi connectivity index (χ1v) is 12.2. The van der Waals surface area contributed by atoms with Gasteiger partial charge in [0, 0.05) is 12.1 Å². The van der Waals surface area contributed by atoms with Crippen molar-refractivity contribution in [3.63, 3.8) is 0 Å². The molecule has 0 amide bonds. The highest BCUT2D eigenvalue weighted by molar-refractivity contribution is 5.65. The summed E-state index contributed by atoms with van der Waals surface area (Å²) in [6.07, 6.45) is 1.49. The first-order valence-electron chi connectivity index (χ1n) is 12.2. The number of allylic oxidation sites excluding steroid dienone is 2. The van der Waals surface area contributed by atoms with E-state index in [2.05, 4.69) is 5.32 Å². The Balaban J connectivity index is 2.30. The minimum Gasteiger partial charge on any atom is -0.434 e. The van der Waals surface area contributed by atoms with Gasteiger partial charge in [0.2, 0.25) is 0 Å². The molecule has 0 aliphatic carbocycles. The largest absolute Gasteiger partial charge is 0.513 e. The molecule has 1 atom stereocenters. The zero-order valence-electron chi connectivity index (χ0n) is 22.1. The van der Waals surface area contributed by atoms with Gasteiger partial charge in [0.05, 0.1) is 29.5 Å². The van der Waals surface area contributed by atoms with Crippen LogP contribution in [0.15, 0.2) is 47.2 Å². The van der Waals surface area contributed by atoms with Gasteiger partial charge in [-0.05, 0) is 44.2 Å². The molecule has 0 saturated carbocycles. The maximum absolute atomic E-state index is 12.5. The number of nitro groups is 1. The lowest BCUT2D eigenvalue weighted by Crippen LogP contribution is -2.30. The number of nitrogens with two attached hydrogens (primary N) is 1. The van der Waals surface area contributed by atoms with Gasteiger partial charge in [-0.1, -0.05) is 45.7 Å². The van der Waals surface area contributed by atoms with E-state index in [1.54, 1.807) is 19.9 Å². The number of hydrogen-bond donors (Lipinski definition) is 2. The maximum Gasteiger partial charge on any atom is 0.513 e. The lowest BCUT2D eigenvalue weighted by atomic mass is 9.90. The van der Waals surface area contributed by atoms with Crippen LogP contribution < -0.4 is 11.1 Å². The number of carbonyl (C=O) groups excluding carboxylic acids is 2. The lowest BCUT2D eigenvalue weighted by molar-refractivity contribution is -0.384. The van der Waals surface area contributed by atoms with E-state index in [0.717, 1.165) is 19.3 Å². The van der Waals surface area contributed by atoms with Crippen LogP contribution in [0.2, 0.25) is 0 Å². The van der Waals surface area contributed by atoms with Crippen molar-refractivity contribution in [1.82, 2.24) is 5.32 Å². The molecule has 0 bridgehead atoms. The maximum atomic E-state index is 12.5. The van der Waals surface area contributed by atoms with Crippen molar-refractivity contribution in [2.75, 3.05) is 19.8 Å². The van der Waals surface area contributed by atoms with E-state index in [0.29, 0.717) is 29.9 Å². The second-order valence-corrected chi connectivity index (χ2v) is 9.99. The van der Waals surface area contributed by atoms with Gasteiger partial charge in [-0.15, -0.1) is 0 Å². The molecule has 11 heteroatoms. The van der Waals surface area contributed by atoms with E-state index in [-0.39, 0.29) is 35.8 Å². The van der Waals surface area contributed by atoms with Crippen LogP contribution in [0.5, 0.6) is 0 Å². The highest BCUT2D eigenvalue weighted by Crippen LogP contribution is 2.40. The Morgan fingerprint density at radius 3 is 2.16 bits per heavy atom. The quantitative estimate of drug-likeness (QED) is 0.163. The summed E-state index contributed by atoms with van der Waals surface area (Å²) in [6.45, 7) is 9.96. The van der Waals surface area contributed by atoms with Crippen LogP contribution in [-0.4, -0.2) is 37.0 Å². The van der Waals surface area contributed by atoms with Crippen LogP contribution in [0.3, 0.4) is 0 Å². The van der Waals surface area contributed by atoms with E-state index in [1.807, 2.05) is 20.8 Å². The fraction of sp³-hybridized carbons (Fsp3) is 0.538. The molecule has 1 unspecified atom stereocenters. The summed E-state index contributed by atoms with van der Waals surface area (Å²) in [7, 11) is 0. The molecule has 1 aromatic rings. The minimum absolute atomic E-state index is 0.0922. The Bertz CT molecular complexity index is 1040. The summed E-state index contributed by atoms with van der Waals surface area (Å²) in [5.41, 5.74) is 6.34. The Kier molecular flexibility index (Phi) is 10.9. The van der Waals surface area contributed by atoms with E-state index in [1.165, 1.54) is 18.2 Å². The molecule has 1 heterocycles. The van der Waals surface area contributed by atoms with Gasteiger partial charge >= 0.3 is 12.3 Å². The summed E-state index contributed by atoms with van der Waals surface area (Å²) in [6, 6.07) is 5.81. The zero-order chi connectivity index (χ0) is 27.6. The zero-order valence-corrected chi connectivity index (χ0v) is 22.1. The first-order chi connectivity index (χ1) is 17.4. The Labute approximate surface area is 217 Å². The molecule has 0 spiro atoms. The van der Waals surface area contributed by atoms with Crippen LogP contribution in [0.1, 0.15) is 71.8 Å². The molecule has 0 saturated heterocycles. The van der Waals surface area contributed by atoms with Crippen molar-refractivity contribution >= 4 is 18.0 Å². The van der Waals surface area contributed by atoms with Crippen LogP contribution in [0, 0.1) is 15.5 Å². The van der Waals surface area contributed by atoms with Gasteiger partial charge in [-0.2, -0.15) is 0 Å². The average Bonchev–Trinajstić information content (AvgIpc) is 2.82. The summed E-state index contributed by atoms with van der Waals surface area (Å²) >= 11 is 0. The summed E-state index contributed by atoms with van der Waals surface area (Å²) < 4.78 is 21.6. The number of dihydropyridines is 1. The van der Waals surface area contributed by atoms with Crippen molar-refractivity contribution in [2.24, 2.45) is 11.1 Å². The number of nitro benzene ring substituents is 1. The predicted molar refractivity (Wildman–Crippen MR) is 136 cm³/mol. The second-order valence-electron chi connectivity index (χ2n) is 9.99. The molecule has 3 N–H and O–H groups in total. The predicted octanol–water partition coefficient (Wildman–Crippen LogP) is 5.62. The Morgan fingerprint density at radius 2 is 1.59 bits per heavy atom. The van der Waals surface area contributed by atoms with E-state index in [4.69, 9.17) is 24.7 Å². The molecule has 2 rings (SSSR count). The molecule has 37 heavy (non-hydrogen) atoms. The van der Waals surface area contributed by atoms with Gasteiger partial charge in [-0.25, -0.2) is 9.59 Å². The molecule has 0 radical (unpaired) electrons. The number of benzene rings is 1. The summed E-state index contributed by atoms with van der Waals surface area (Å²) in [5.74, 6) is -0.757. The topological polar surface area (TPSA) is 152 Å². The third-order valence-corrected chi connectivity index (χ3v) is 5.38. The van der Waals surface area contributed by atoms with Crippen LogP contribution >= 0.6 is 0 Å². The molecule has 0 fully saturated rings. The SMILES string of the molecule is CC1=C(OC(=O)OCCCCCCN)C(c2cccc([N+](=O)[O-])c2)C(OC(=O)OCC(C)(C)C)=C(C)N1. The van der Waals surface area contributed by atoms with E-state index < -0.39 is 23.2 Å². The fourth-order valence-electron chi connectivity index (χ4n) is 3.62. The molecule has 0 aromatic heterocycles. The Hall–Kier alpha value is -3.60. The third-order valence-electron chi connectivity index (χ3n) is 5.38. The highest BCUT2D eigenvalue weighted by atomic mass is 16.7. The normalized spacial score (nSPS) is 15.7. The molecule has 1 aromatic carbocycles. The van der Waals surface area contributed by atoms with Crippen LogP contribution in [0.4, 0.5) is 15.3 Å². The first kappa shape index (κ1) is 29.6. The van der Waals surface area contributed by atoms with E-state index >= 15 is 0 Å². The number of nitrogens with one attached hydrogen (secondary N) is 1. The number of carbonyl (C=O) groups is 2. The number of hydrogen-bond acceptors (Lipinski definition) is 10. The Morgan fingerprint density at radius 1 is 1.00 bits per heavy atom. The molecule has 1 aliphatic heterocycles. The van der Waals surface area contributed by atoms with Crippen molar-refractivity contribution in [2.45, 2.75) is 66.2 Å². The van der Waals surface area contributed by atoms with Crippen LogP contribution in [0.25, 0.3) is 0 Å². The van der Waals surface area contributed by atoms with Crippen molar-refractivity contribution in [3.8, 4) is 0 Å². The monoisotopic (exact) mass is 519 g/mol. The molecule has 11 nitrogen and oxygen atoms in total. The van der Waals surface area contributed by atoms with E-state index in [9.17, 15) is 19.7 Å². The number of unbranched alkanes of at least 4 members (excludes halogenated alkanes) is 3. The van der Waals surface area contributed by atoms with Crippen LogP contribution in [-0.2, 0) is 18.9 Å². The third kappa shape index (κ3) is 9.41. The number of non-ortho nitro benzene ring substituents is 1. The smallest absolute Gasteiger partial charge is 0.434 e. The number of ether oxygens (including phenoxy) is 4. The van der Waals surface area contributed by atoms with Gasteiger partial charge in [-0.3, -0.25) is 10.1 Å². The number of rotatable bonds is 11. The van der Waals surface area contributed by atoms with Gasteiger partial charge in [0.15, 0.2) is 0 Å². The van der Waals surface area contributed by atoms with Gasteiger partial charge in [0.1, 0.15) is 17.4 Å². The lowest BCUT2D eigenvalue weighted by Gasteiger charge is -2.30. The summed E-state index contributed by atoms with van der Waals surface area (Å²) in [4.78, 5) is 36.0. The highest BCUT2D eigenvalue weighted by Gasteiger charge is 2.36. The molecular weight excluding hydrogens is 482 g/mol. The van der Waals surface area contributed by atoms with Gasteiger partial charge in [0.25, 0.3) is 5.69 Å². The van der Waals surface area contributed by atoms with Gasteiger partial charge < -0.3 is 30.0 Å². The number of nitrogens with zero attached hydrogens (tertiary/aromatic N) is 1. The van der Waals surface area contributed by atoms with Crippen molar-refractivity contribution in [1.29, 1.82) is 0 Å². The van der Waals surface area contributed by atoms with Crippen molar-refractivity contribution in [3.05, 3.63) is 62.9 Å².